The molecule has 2 aromatic rings. The average molecular weight is 306 g/mol. The van der Waals surface area contributed by atoms with E-state index in [4.69, 9.17) is 10.3 Å². The van der Waals surface area contributed by atoms with Crippen molar-refractivity contribution in [3.63, 3.8) is 0 Å². The van der Waals surface area contributed by atoms with Gasteiger partial charge in [0.15, 0.2) is 5.82 Å². The van der Waals surface area contributed by atoms with E-state index in [0.29, 0.717) is 5.89 Å². The number of hydrogen-bond acceptors (Lipinski definition) is 8. The van der Waals surface area contributed by atoms with Gasteiger partial charge in [0.05, 0.1) is 12.1 Å². The molecule has 2 atom stereocenters. The lowest BCUT2D eigenvalue weighted by molar-refractivity contribution is 0.00781. The summed E-state index contributed by atoms with van der Waals surface area (Å²) in [5.74, 6) is 1.26. The molecule has 0 aliphatic carbocycles. The van der Waals surface area contributed by atoms with E-state index in [9.17, 15) is 0 Å². The first-order chi connectivity index (χ1) is 10.2. The van der Waals surface area contributed by atoms with E-state index in [1.807, 2.05) is 12.3 Å². The summed E-state index contributed by atoms with van der Waals surface area (Å²) in [7, 11) is 0. The second kappa shape index (κ2) is 5.13. The molecule has 0 radical (unpaired) electrons. The number of nitrogens with zero attached hydrogens (tertiary/aromatic N) is 5. The Hall–Kier alpha value is -1.35. The van der Waals surface area contributed by atoms with Gasteiger partial charge in [0.1, 0.15) is 10.7 Å². The molecule has 2 unspecified atom stereocenters. The van der Waals surface area contributed by atoms with E-state index in [1.54, 1.807) is 0 Å². The van der Waals surface area contributed by atoms with Crippen LogP contribution in [0.15, 0.2) is 9.90 Å². The second-order valence-corrected chi connectivity index (χ2v) is 6.56. The molecule has 0 aromatic carbocycles. The number of aromatic nitrogens is 3. The van der Waals surface area contributed by atoms with Crippen molar-refractivity contribution in [1.29, 1.82) is 0 Å². The highest BCUT2D eigenvalue weighted by Crippen LogP contribution is 2.29. The molecule has 0 amide bonds. The van der Waals surface area contributed by atoms with E-state index in [1.165, 1.54) is 11.3 Å². The van der Waals surface area contributed by atoms with E-state index in [2.05, 4.69) is 24.9 Å². The summed E-state index contributed by atoms with van der Waals surface area (Å²) in [5, 5.41) is 6.98. The van der Waals surface area contributed by atoms with Crippen molar-refractivity contribution in [1.82, 2.24) is 24.9 Å². The quantitative estimate of drug-likeness (QED) is 0.901. The van der Waals surface area contributed by atoms with Crippen molar-refractivity contribution >= 4 is 11.3 Å². The lowest BCUT2D eigenvalue weighted by atomic mass is 10.1. The van der Waals surface area contributed by atoms with Gasteiger partial charge in [-0.05, 0) is 6.92 Å². The lowest BCUT2D eigenvalue weighted by Gasteiger charge is -2.46. The van der Waals surface area contributed by atoms with Crippen LogP contribution in [0.25, 0.3) is 11.6 Å². The standard InChI is InChI=1S/C13H18N6OS/c1-8(14)13-15-9(7-21-13)12-16-11(17-20-12)10-6-18-2-4-19(10)5-3-18/h7-8,10H,2-6,14H2,1H3. The number of nitrogens with two attached hydrogens (primary N) is 1. The molecule has 0 saturated carbocycles. The molecule has 3 fully saturated rings. The largest absolute Gasteiger partial charge is 0.332 e. The van der Waals surface area contributed by atoms with Crippen LogP contribution >= 0.6 is 11.3 Å². The Morgan fingerprint density at radius 2 is 2.14 bits per heavy atom. The fraction of sp³-hybridized carbons (Fsp3) is 0.615. The summed E-state index contributed by atoms with van der Waals surface area (Å²) >= 11 is 1.53. The first kappa shape index (κ1) is 13.3. The Balaban J connectivity index is 1.57. The van der Waals surface area contributed by atoms with Gasteiger partial charge in [-0.1, -0.05) is 5.16 Å². The van der Waals surface area contributed by atoms with E-state index >= 15 is 0 Å². The molecule has 5 rings (SSSR count). The molecule has 112 valence electrons. The van der Waals surface area contributed by atoms with Crippen LogP contribution in [0.2, 0.25) is 0 Å². The second-order valence-electron chi connectivity index (χ2n) is 5.67. The molecule has 7 nitrogen and oxygen atoms in total. The molecular formula is C13H18N6OS. The van der Waals surface area contributed by atoms with Crippen LogP contribution in [0.3, 0.4) is 0 Å². The first-order valence-corrected chi connectivity index (χ1v) is 8.10. The number of piperazine rings is 3. The minimum absolute atomic E-state index is 0.0702. The van der Waals surface area contributed by atoms with E-state index < -0.39 is 0 Å². The summed E-state index contributed by atoms with van der Waals surface area (Å²) in [6, 6.07) is 0.177. The molecule has 8 heteroatoms. The zero-order valence-electron chi connectivity index (χ0n) is 11.9. The summed E-state index contributed by atoms with van der Waals surface area (Å²) in [6.07, 6.45) is 0. The molecule has 3 aliphatic rings. The maximum Gasteiger partial charge on any atom is 0.277 e. The Kier molecular flexibility index (Phi) is 3.26. The third-order valence-electron chi connectivity index (χ3n) is 4.15. The van der Waals surface area contributed by atoms with Gasteiger partial charge in [0.2, 0.25) is 0 Å². The van der Waals surface area contributed by atoms with Crippen molar-refractivity contribution in [3.05, 3.63) is 16.2 Å². The molecule has 2 bridgehead atoms. The summed E-state index contributed by atoms with van der Waals surface area (Å²) in [5.41, 5.74) is 6.56. The first-order valence-electron chi connectivity index (χ1n) is 7.22. The van der Waals surface area contributed by atoms with Gasteiger partial charge in [-0.25, -0.2) is 4.98 Å². The fourth-order valence-corrected chi connectivity index (χ4v) is 3.68. The summed E-state index contributed by atoms with van der Waals surface area (Å²) in [4.78, 5) is 13.9. The Morgan fingerprint density at radius 1 is 1.33 bits per heavy atom. The molecule has 5 heterocycles. The van der Waals surface area contributed by atoms with E-state index in [0.717, 1.165) is 49.2 Å². The summed E-state index contributed by atoms with van der Waals surface area (Å²) < 4.78 is 5.40. The van der Waals surface area contributed by atoms with Crippen molar-refractivity contribution < 1.29 is 4.52 Å². The Bertz CT molecular complexity index is 630. The van der Waals surface area contributed by atoms with Crippen LogP contribution in [-0.4, -0.2) is 57.6 Å². The monoisotopic (exact) mass is 306 g/mol. The minimum Gasteiger partial charge on any atom is -0.332 e. The van der Waals surface area contributed by atoms with Crippen LogP contribution < -0.4 is 5.73 Å². The molecule has 21 heavy (non-hydrogen) atoms. The number of hydrogen-bond donors (Lipinski definition) is 1. The topological polar surface area (TPSA) is 84.3 Å². The van der Waals surface area contributed by atoms with Gasteiger partial charge in [0, 0.05) is 38.1 Å². The van der Waals surface area contributed by atoms with Crippen LogP contribution in [0, 0.1) is 0 Å². The molecule has 2 aromatic heterocycles. The number of thiazole rings is 1. The molecule has 3 saturated heterocycles. The molecular weight excluding hydrogens is 288 g/mol. The lowest BCUT2D eigenvalue weighted by Crippen LogP contribution is -2.57. The van der Waals surface area contributed by atoms with Gasteiger partial charge in [-0.3, -0.25) is 9.80 Å². The smallest absolute Gasteiger partial charge is 0.277 e. The third-order valence-corrected chi connectivity index (χ3v) is 5.19. The van der Waals surface area contributed by atoms with Gasteiger partial charge in [-0.15, -0.1) is 11.3 Å². The minimum atomic E-state index is -0.0702. The zero-order chi connectivity index (χ0) is 14.4. The molecule has 0 spiro atoms. The molecule has 2 N–H and O–H groups in total. The predicted molar refractivity (Wildman–Crippen MR) is 78.8 cm³/mol. The van der Waals surface area contributed by atoms with Crippen molar-refractivity contribution in [2.75, 3.05) is 32.7 Å². The normalized spacial score (nSPS) is 29.7. The fourth-order valence-electron chi connectivity index (χ4n) is 2.93. The van der Waals surface area contributed by atoms with Crippen LogP contribution in [0.4, 0.5) is 0 Å². The average Bonchev–Trinajstić information content (AvgIpc) is 3.17. The number of rotatable bonds is 3. The maximum atomic E-state index is 5.84. The predicted octanol–water partition coefficient (Wildman–Crippen LogP) is 0.885. The highest BCUT2D eigenvalue weighted by molar-refractivity contribution is 7.10. The Morgan fingerprint density at radius 3 is 2.76 bits per heavy atom. The molecule has 3 aliphatic heterocycles. The third kappa shape index (κ3) is 2.38. The maximum absolute atomic E-state index is 5.84. The van der Waals surface area contributed by atoms with Crippen LogP contribution in [0.1, 0.15) is 29.8 Å². The van der Waals surface area contributed by atoms with Crippen molar-refractivity contribution in [2.45, 2.75) is 19.0 Å². The van der Waals surface area contributed by atoms with Gasteiger partial charge < -0.3 is 10.3 Å². The van der Waals surface area contributed by atoms with Crippen LogP contribution in [-0.2, 0) is 0 Å². The highest BCUT2D eigenvalue weighted by atomic mass is 32.1. The van der Waals surface area contributed by atoms with E-state index in [-0.39, 0.29) is 12.1 Å². The SMILES string of the molecule is CC(N)c1nc(-c2nc(C3CN4CCN3CC4)no2)cs1. The van der Waals surface area contributed by atoms with Gasteiger partial charge in [0.25, 0.3) is 5.89 Å². The van der Waals surface area contributed by atoms with Crippen molar-refractivity contribution in [3.8, 4) is 11.6 Å². The highest BCUT2D eigenvalue weighted by Gasteiger charge is 2.35. The van der Waals surface area contributed by atoms with Crippen molar-refractivity contribution in [2.24, 2.45) is 5.73 Å². The van der Waals surface area contributed by atoms with Gasteiger partial charge in [-0.2, -0.15) is 4.98 Å². The van der Waals surface area contributed by atoms with Crippen LogP contribution in [0.5, 0.6) is 0 Å². The van der Waals surface area contributed by atoms with Gasteiger partial charge >= 0.3 is 0 Å². The number of fused-ring (bicyclic) bond motifs is 3. The zero-order valence-corrected chi connectivity index (χ0v) is 12.7. The summed E-state index contributed by atoms with van der Waals surface area (Å²) in [6.45, 7) is 7.36. The Labute approximate surface area is 126 Å².